The summed E-state index contributed by atoms with van der Waals surface area (Å²) in [5.41, 5.74) is 1.60. The molecule has 0 unspecified atom stereocenters. The van der Waals surface area contributed by atoms with Crippen LogP contribution in [0.5, 0.6) is 11.5 Å². The van der Waals surface area contributed by atoms with Crippen molar-refractivity contribution in [3.63, 3.8) is 0 Å². The second-order valence-corrected chi connectivity index (χ2v) is 6.26. The topological polar surface area (TPSA) is 47.6 Å². The van der Waals surface area contributed by atoms with Crippen LogP contribution in [0.2, 0.25) is 5.02 Å². The number of rotatable bonds is 6. The summed E-state index contributed by atoms with van der Waals surface area (Å²) >= 11 is 5.99. The van der Waals surface area contributed by atoms with Crippen molar-refractivity contribution in [1.29, 1.82) is 0 Å². The molecule has 128 valence electrons. The maximum absolute atomic E-state index is 12.2. The molecular formula is C19H22ClNO3. The lowest BCUT2D eigenvalue weighted by atomic mass is 10.2. The second-order valence-electron chi connectivity index (χ2n) is 5.85. The number of nitrogens with one attached hydrogen (secondary N) is 1. The van der Waals surface area contributed by atoms with Crippen molar-refractivity contribution in [2.24, 2.45) is 0 Å². The smallest absolute Gasteiger partial charge is 0.265 e. The number of hydrogen-bond acceptors (Lipinski definition) is 3. The molecule has 1 amide bonds. The van der Waals surface area contributed by atoms with Crippen LogP contribution >= 0.6 is 11.6 Å². The summed E-state index contributed by atoms with van der Waals surface area (Å²) in [5, 5.41) is 3.49. The van der Waals surface area contributed by atoms with E-state index >= 15 is 0 Å². The molecule has 0 fully saturated rings. The van der Waals surface area contributed by atoms with E-state index in [1.54, 1.807) is 31.2 Å². The highest BCUT2D eigenvalue weighted by atomic mass is 35.5. The summed E-state index contributed by atoms with van der Waals surface area (Å²) in [7, 11) is 0. The number of anilines is 1. The van der Waals surface area contributed by atoms with Crippen molar-refractivity contribution in [1.82, 2.24) is 0 Å². The first-order valence-electron chi connectivity index (χ1n) is 7.85. The Bertz CT molecular complexity index is 698. The average Bonchev–Trinajstić information content (AvgIpc) is 2.52. The van der Waals surface area contributed by atoms with E-state index in [2.05, 4.69) is 5.32 Å². The first-order chi connectivity index (χ1) is 11.3. The van der Waals surface area contributed by atoms with Crippen molar-refractivity contribution in [2.45, 2.75) is 39.9 Å². The van der Waals surface area contributed by atoms with E-state index in [1.807, 2.05) is 39.0 Å². The van der Waals surface area contributed by atoms with Crippen LogP contribution in [0.15, 0.2) is 42.5 Å². The molecule has 0 aliphatic heterocycles. The van der Waals surface area contributed by atoms with Gasteiger partial charge in [0.15, 0.2) is 6.10 Å². The lowest BCUT2D eigenvalue weighted by Gasteiger charge is -2.16. The standard InChI is InChI=1S/C19H22ClNO3/c1-12(2)23-16-7-5-15(6-8-16)21-19(22)14(4)24-17-9-10-18(20)13(3)11-17/h5-12,14H,1-4H3,(H,21,22)/t14-/m1/s1. The Balaban J connectivity index is 1.94. The van der Waals surface area contributed by atoms with E-state index in [1.165, 1.54) is 0 Å². The number of aryl methyl sites for hydroxylation is 1. The van der Waals surface area contributed by atoms with Crippen molar-refractivity contribution in [3.8, 4) is 11.5 Å². The van der Waals surface area contributed by atoms with Gasteiger partial charge in [0.05, 0.1) is 6.10 Å². The molecule has 2 aromatic carbocycles. The fourth-order valence-electron chi connectivity index (χ4n) is 2.08. The molecule has 5 heteroatoms. The maximum atomic E-state index is 12.2. The summed E-state index contributed by atoms with van der Waals surface area (Å²) in [4.78, 5) is 12.2. The van der Waals surface area contributed by atoms with Crippen LogP contribution in [0.4, 0.5) is 5.69 Å². The Morgan fingerprint density at radius 2 is 1.62 bits per heavy atom. The Morgan fingerprint density at radius 3 is 2.21 bits per heavy atom. The van der Waals surface area contributed by atoms with E-state index in [0.29, 0.717) is 16.5 Å². The molecule has 0 spiro atoms. The lowest BCUT2D eigenvalue weighted by molar-refractivity contribution is -0.122. The summed E-state index contributed by atoms with van der Waals surface area (Å²) in [5.74, 6) is 1.16. The predicted octanol–water partition coefficient (Wildman–Crippen LogP) is 4.84. The molecule has 2 aromatic rings. The summed E-state index contributed by atoms with van der Waals surface area (Å²) in [6.07, 6.45) is -0.515. The van der Waals surface area contributed by atoms with Crippen molar-refractivity contribution < 1.29 is 14.3 Å². The Hall–Kier alpha value is -2.20. The molecule has 2 rings (SSSR count). The largest absolute Gasteiger partial charge is 0.491 e. The number of halogens is 1. The zero-order valence-electron chi connectivity index (χ0n) is 14.3. The minimum absolute atomic E-state index is 0.113. The van der Waals surface area contributed by atoms with Gasteiger partial charge in [-0.2, -0.15) is 0 Å². The van der Waals surface area contributed by atoms with Gasteiger partial charge in [-0.25, -0.2) is 0 Å². The molecule has 0 heterocycles. The molecule has 0 aromatic heterocycles. The third-order valence-corrected chi connectivity index (χ3v) is 3.73. The van der Waals surface area contributed by atoms with Gasteiger partial charge in [-0.3, -0.25) is 4.79 Å². The van der Waals surface area contributed by atoms with Gasteiger partial charge in [-0.05, 0) is 75.7 Å². The zero-order chi connectivity index (χ0) is 17.7. The van der Waals surface area contributed by atoms with Crippen molar-refractivity contribution in [2.75, 3.05) is 5.32 Å². The highest BCUT2D eigenvalue weighted by Gasteiger charge is 2.15. The maximum Gasteiger partial charge on any atom is 0.265 e. The molecule has 0 saturated heterocycles. The fourth-order valence-corrected chi connectivity index (χ4v) is 2.20. The van der Waals surface area contributed by atoms with Gasteiger partial charge in [0, 0.05) is 10.7 Å². The Morgan fingerprint density at radius 1 is 1.00 bits per heavy atom. The fraction of sp³-hybridized carbons (Fsp3) is 0.316. The number of hydrogen-bond donors (Lipinski definition) is 1. The number of ether oxygens (including phenoxy) is 2. The predicted molar refractivity (Wildman–Crippen MR) is 97.1 cm³/mol. The third-order valence-electron chi connectivity index (χ3n) is 3.31. The van der Waals surface area contributed by atoms with Gasteiger partial charge >= 0.3 is 0 Å². The zero-order valence-corrected chi connectivity index (χ0v) is 15.1. The molecular weight excluding hydrogens is 326 g/mol. The highest BCUT2D eigenvalue weighted by molar-refractivity contribution is 6.31. The minimum Gasteiger partial charge on any atom is -0.491 e. The SMILES string of the molecule is Cc1cc(O[C@H](C)C(=O)Nc2ccc(OC(C)C)cc2)ccc1Cl. The third kappa shape index (κ3) is 5.17. The summed E-state index contributed by atoms with van der Waals surface area (Å²) in [6, 6.07) is 12.6. The number of carbonyl (C=O) groups excluding carboxylic acids is 1. The first kappa shape index (κ1) is 18.1. The molecule has 1 atom stereocenters. The summed E-state index contributed by atoms with van der Waals surface area (Å²) < 4.78 is 11.2. The van der Waals surface area contributed by atoms with Gasteiger partial charge in [-0.15, -0.1) is 0 Å². The normalized spacial score (nSPS) is 11.9. The number of benzene rings is 2. The second kappa shape index (κ2) is 8.06. The Labute approximate surface area is 147 Å². The van der Waals surface area contributed by atoms with E-state index in [0.717, 1.165) is 11.3 Å². The van der Waals surface area contributed by atoms with Crippen LogP contribution < -0.4 is 14.8 Å². The Kier molecular flexibility index (Phi) is 6.10. The van der Waals surface area contributed by atoms with Gasteiger partial charge < -0.3 is 14.8 Å². The molecule has 0 bridgehead atoms. The van der Waals surface area contributed by atoms with E-state index in [-0.39, 0.29) is 12.0 Å². The van der Waals surface area contributed by atoms with Crippen LogP contribution in [-0.2, 0) is 4.79 Å². The molecule has 0 aliphatic rings. The lowest BCUT2D eigenvalue weighted by Crippen LogP contribution is -2.30. The van der Waals surface area contributed by atoms with E-state index in [4.69, 9.17) is 21.1 Å². The van der Waals surface area contributed by atoms with E-state index < -0.39 is 6.10 Å². The summed E-state index contributed by atoms with van der Waals surface area (Å²) in [6.45, 7) is 7.52. The van der Waals surface area contributed by atoms with Gasteiger partial charge in [0.1, 0.15) is 11.5 Å². The van der Waals surface area contributed by atoms with Gasteiger partial charge in [0.2, 0.25) is 0 Å². The number of amides is 1. The van der Waals surface area contributed by atoms with Gasteiger partial charge in [-0.1, -0.05) is 11.6 Å². The van der Waals surface area contributed by atoms with Crippen molar-refractivity contribution in [3.05, 3.63) is 53.1 Å². The minimum atomic E-state index is -0.628. The van der Waals surface area contributed by atoms with Crippen molar-refractivity contribution >= 4 is 23.2 Å². The molecule has 24 heavy (non-hydrogen) atoms. The van der Waals surface area contributed by atoms with Gasteiger partial charge in [0.25, 0.3) is 5.91 Å². The highest BCUT2D eigenvalue weighted by Crippen LogP contribution is 2.22. The molecule has 0 aliphatic carbocycles. The average molecular weight is 348 g/mol. The number of carbonyl (C=O) groups is 1. The van der Waals surface area contributed by atoms with Crippen LogP contribution in [0.25, 0.3) is 0 Å². The quantitative estimate of drug-likeness (QED) is 0.813. The first-order valence-corrected chi connectivity index (χ1v) is 8.23. The van der Waals surface area contributed by atoms with Crippen LogP contribution in [0, 0.1) is 6.92 Å². The molecule has 0 radical (unpaired) electrons. The molecule has 0 saturated carbocycles. The molecule has 4 nitrogen and oxygen atoms in total. The molecule has 1 N–H and O–H groups in total. The van der Waals surface area contributed by atoms with Crippen LogP contribution in [0.3, 0.4) is 0 Å². The van der Waals surface area contributed by atoms with Crippen LogP contribution in [-0.4, -0.2) is 18.1 Å². The van der Waals surface area contributed by atoms with E-state index in [9.17, 15) is 4.79 Å². The van der Waals surface area contributed by atoms with Crippen LogP contribution in [0.1, 0.15) is 26.3 Å². The monoisotopic (exact) mass is 347 g/mol.